The number of aromatic nitrogens is 4. The van der Waals surface area contributed by atoms with Crippen LogP contribution in [-0.2, 0) is 5.54 Å². The van der Waals surface area contributed by atoms with Crippen molar-refractivity contribution in [3.8, 4) is 6.07 Å². The quantitative estimate of drug-likeness (QED) is 0.218. The lowest BCUT2D eigenvalue weighted by Crippen LogP contribution is -2.35. The smallest absolute Gasteiger partial charge is 0.383 e. The fourth-order valence-corrected chi connectivity index (χ4v) is 5.03. The lowest BCUT2D eigenvalue weighted by atomic mass is 9.96. The molecule has 0 aliphatic heterocycles. The largest absolute Gasteiger partial charge is 0.413 e. The zero-order valence-corrected chi connectivity index (χ0v) is 23.6. The van der Waals surface area contributed by atoms with Crippen LogP contribution >= 0.6 is 11.6 Å². The van der Waals surface area contributed by atoms with E-state index < -0.39 is 23.6 Å². The van der Waals surface area contributed by atoms with Crippen molar-refractivity contribution < 1.29 is 17.6 Å². The van der Waals surface area contributed by atoms with E-state index >= 15 is 0 Å². The molecule has 1 atom stereocenters. The Morgan fingerprint density at radius 3 is 2.56 bits per heavy atom. The number of halogens is 5. The van der Waals surface area contributed by atoms with Gasteiger partial charge in [-0.2, -0.15) is 18.4 Å². The fourth-order valence-electron chi connectivity index (χ4n) is 4.77. The number of nitriles is 1. The summed E-state index contributed by atoms with van der Waals surface area (Å²) in [6.45, 7) is 8.31. The Kier molecular flexibility index (Phi) is 7.10. The van der Waals surface area contributed by atoms with Gasteiger partial charge in [0.25, 0.3) is 0 Å². The molecule has 7 nitrogen and oxygen atoms in total. The topological polar surface area (TPSA) is 91.5 Å². The summed E-state index contributed by atoms with van der Waals surface area (Å²) in [7, 11) is 0. The molecule has 1 fully saturated rings. The zero-order chi connectivity index (χ0) is 29.7. The number of rotatable bonds is 7. The average molecular weight is 586 g/mol. The van der Waals surface area contributed by atoms with Crippen LogP contribution < -0.4 is 10.6 Å². The van der Waals surface area contributed by atoms with Gasteiger partial charge in [0, 0.05) is 23.8 Å². The van der Waals surface area contributed by atoms with E-state index in [2.05, 4.69) is 52.8 Å². The van der Waals surface area contributed by atoms with Crippen LogP contribution in [0, 0.1) is 29.5 Å². The van der Waals surface area contributed by atoms with E-state index in [1.165, 1.54) is 24.5 Å². The third-order valence-electron chi connectivity index (χ3n) is 7.27. The summed E-state index contributed by atoms with van der Waals surface area (Å²) in [6, 6.07) is 9.19. The summed E-state index contributed by atoms with van der Waals surface area (Å²) in [5, 5.41) is 25.2. The predicted octanol–water partition coefficient (Wildman–Crippen LogP) is 7.51. The number of pyridine rings is 1. The molecule has 2 aromatic carbocycles. The number of nitrogens with zero attached hydrogens (tertiary/aromatic N) is 5. The number of hydrogen-bond donors (Lipinski definition) is 2. The maximum Gasteiger partial charge on any atom is 0.413 e. The molecule has 0 bridgehead atoms. The maximum absolute atomic E-state index is 14.7. The zero-order valence-electron chi connectivity index (χ0n) is 22.9. The first-order valence-electron chi connectivity index (χ1n) is 13.0. The van der Waals surface area contributed by atoms with Gasteiger partial charge in [-0.1, -0.05) is 49.7 Å². The molecular formula is C29H28ClF4N7. The molecule has 0 unspecified atom stereocenters. The van der Waals surface area contributed by atoms with Crippen LogP contribution in [0.4, 0.5) is 28.9 Å². The number of nitrogens with one attached hydrogen (secondary N) is 2. The number of anilines is 2. The molecule has 0 amide bonds. The minimum atomic E-state index is -4.48. The standard InChI is InChI=1S/C29H28ClF4N7/c1-16-19(6-5-7-22(16)31)26(23-14-41(40-39-23)28(8-9-28)29(32,33)34)38-18-10-20-24(37-15-27(2,3)4)17(12-35)13-36-25(20)21(30)11-18/h5-7,10-11,13-14,26,38H,8-9,15H2,1-4H3,(H,36,37)/t26-/m0/s1. The van der Waals surface area contributed by atoms with Gasteiger partial charge in [-0.3, -0.25) is 4.98 Å². The number of hydrogen-bond acceptors (Lipinski definition) is 6. The Bertz CT molecular complexity index is 1660. The maximum atomic E-state index is 14.7. The molecule has 1 saturated carbocycles. The summed E-state index contributed by atoms with van der Waals surface area (Å²) >= 11 is 6.64. The molecule has 1 aliphatic carbocycles. The molecule has 0 saturated heterocycles. The summed E-state index contributed by atoms with van der Waals surface area (Å²) in [6.07, 6.45) is -1.94. The Morgan fingerprint density at radius 2 is 1.93 bits per heavy atom. The van der Waals surface area contributed by atoms with Gasteiger partial charge in [0.1, 0.15) is 17.6 Å². The van der Waals surface area contributed by atoms with Crippen molar-refractivity contribution in [1.29, 1.82) is 5.26 Å². The molecule has 4 aromatic rings. The highest BCUT2D eigenvalue weighted by Gasteiger charge is 2.66. The van der Waals surface area contributed by atoms with Crippen molar-refractivity contribution in [1.82, 2.24) is 20.0 Å². The first-order chi connectivity index (χ1) is 19.2. The van der Waals surface area contributed by atoms with Gasteiger partial charge in [0.05, 0.1) is 34.0 Å². The Morgan fingerprint density at radius 1 is 1.20 bits per heavy atom. The molecule has 5 rings (SSSR count). The number of fused-ring (bicyclic) bond motifs is 1. The van der Waals surface area contributed by atoms with Crippen LogP contribution in [0.3, 0.4) is 0 Å². The van der Waals surface area contributed by atoms with E-state index in [0.717, 1.165) is 4.68 Å². The summed E-state index contributed by atoms with van der Waals surface area (Å²) in [4.78, 5) is 4.38. The highest BCUT2D eigenvalue weighted by molar-refractivity contribution is 6.35. The van der Waals surface area contributed by atoms with Gasteiger partial charge >= 0.3 is 6.18 Å². The third-order valence-corrected chi connectivity index (χ3v) is 7.56. The molecule has 0 radical (unpaired) electrons. The normalized spacial score (nSPS) is 15.4. The van der Waals surface area contributed by atoms with E-state index in [4.69, 9.17) is 11.6 Å². The van der Waals surface area contributed by atoms with Gasteiger partial charge in [0.2, 0.25) is 0 Å². The van der Waals surface area contributed by atoms with Gasteiger partial charge < -0.3 is 10.6 Å². The molecule has 214 valence electrons. The van der Waals surface area contributed by atoms with Crippen LogP contribution in [0.25, 0.3) is 10.9 Å². The first kappa shape index (κ1) is 28.6. The summed E-state index contributed by atoms with van der Waals surface area (Å²) in [5.41, 5.74) is 0.615. The van der Waals surface area contributed by atoms with Gasteiger partial charge in [-0.15, -0.1) is 5.10 Å². The second-order valence-electron chi connectivity index (χ2n) is 11.6. The highest BCUT2D eigenvalue weighted by Crippen LogP contribution is 2.55. The molecule has 1 aliphatic rings. The van der Waals surface area contributed by atoms with Crippen LogP contribution in [0.2, 0.25) is 5.02 Å². The predicted molar refractivity (Wildman–Crippen MR) is 149 cm³/mol. The van der Waals surface area contributed by atoms with Crippen LogP contribution in [0.1, 0.15) is 62.0 Å². The van der Waals surface area contributed by atoms with E-state index in [1.807, 2.05) is 0 Å². The van der Waals surface area contributed by atoms with Gasteiger partial charge in [0.15, 0.2) is 5.54 Å². The highest BCUT2D eigenvalue weighted by atomic mass is 35.5. The SMILES string of the molecule is Cc1c(F)cccc1[C@H](Nc1cc(Cl)c2ncc(C#N)c(NCC(C)(C)C)c2c1)c1cn(C2(C(F)(F)F)CC2)nn1. The van der Waals surface area contributed by atoms with E-state index in [-0.39, 0.29) is 24.0 Å². The number of benzene rings is 2. The van der Waals surface area contributed by atoms with Crippen molar-refractivity contribution in [2.75, 3.05) is 17.2 Å². The lowest BCUT2D eigenvalue weighted by molar-refractivity contribution is -0.182. The molecule has 12 heteroatoms. The van der Waals surface area contributed by atoms with Crippen LogP contribution in [0.15, 0.2) is 42.7 Å². The fraction of sp³-hybridized carbons (Fsp3) is 0.379. The van der Waals surface area contributed by atoms with E-state index in [1.54, 1.807) is 25.1 Å². The van der Waals surface area contributed by atoms with Crippen molar-refractivity contribution in [2.24, 2.45) is 5.41 Å². The molecule has 0 spiro atoms. The third kappa shape index (κ3) is 5.40. The molecular weight excluding hydrogens is 558 g/mol. The van der Waals surface area contributed by atoms with E-state index in [9.17, 15) is 22.8 Å². The lowest BCUT2D eigenvalue weighted by Gasteiger charge is -2.23. The monoisotopic (exact) mass is 585 g/mol. The van der Waals surface area contributed by atoms with Crippen molar-refractivity contribution in [2.45, 2.75) is 58.3 Å². The van der Waals surface area contributed by atoms with Crippen LogP contribution in [-0.4, -0.2) is 32.7 Å². The number of alkyl halides is 3. The second-order valence-corrected chi connectivity index (χ2v) is 12.0. The Balaban J connectivity index is 1.62. The van der Waals surface area contributed by atoms with Gasteiger partial charge in [-0.05, 0) is 54.5 Å². The minimum absolute atomic E-state index is 0.0881. The van der Waals surface area contributed by atoms with Crippen molar-refractivity contribution in [3.63, 3.8) is 0 Å². The van der Waals surface area contributed by atoms with Crippen LogP contribution in [0.5, 0.6) is 0 Å². The second kappa shape index (κ2) is 10.2. The minimum Gasteiger partial charge on any atom is -0.383 e. The van der Waals surface area contributed by atoms with Crippen molar-refractivity contribution in [3.05, 3.63) is 75.9 Å². The molecule has 41 heavy (non-hydrogen) atoms. The van der Waals surface area contributed by atoms with Gasteiger partial charge in [-0.25, -0.2) is 9.07 Å². The van der Waals surface area contributed by atoms with Crippen molar-refractivity contribution >= 4 is 33.9 Å². The molecule has 2 aromatic heterocycles. The average Bonchev–Trinajstić information content (AvgIpc) is 3.58. The molecule has 2 heterocycles. The molecule has 2 N–H and O–H groups in total. The summed E-state index contributed by atoms with van der Waals surface area (Å²) < 4.78 is 56.9. The Hall–Kier alpha value is -3.91. The summed E-state index contributed by atoms with van der Waals surface area (Å²) in [5.74, 6) is -0.469. The van der Waals surface area contributed by atoms with E-state index in [0.29, 0.717) is 50.5 Å². The first-order valence-corrected chi connectivity index (χ1v) is 13.4. The Labute approximate surface area is 239 Å².